The van der Waals surface area contributed by atoms with Crippen LogP contribution in [0.25, 0.3) is 0 Å². The van der Waals surface area contributed by atoms with Crippen molar-refractivity contribution in [2.75, 3.05) is 59.4 Å². The molecule has 0 amide bonds. The van der Waals surface area contributed by atoms with Gasteiger partial charge in [0.15, 0.2) is 0 Å². The average molecular weight is 212 g/mol. The molecular weight excluding hydrogens is 188 g/mol. The maximum absolute atomic E-state index is 3.57. The number of nitrogens with one attached hydrogen (secondary N) is 2. The molecule has 0 bridgehead atoms. The molecule has 2 saturated heterocycles. The summed E-state index contributed by atoms with van der Waals surface area (Å²) in [7, 11) is 2.21. The molecule has 2 heterocycles. The first-order chi connectivity index (χ1) is 7.34. The zero-order valence-electron chi connectivity index (χ0n) is 9.84. The molecule has 0 atom stereocenters. The molecule has 88 valence electrons. The zero-order valence-corrected chi connectivity index (χ0v) is 9.84. The summed E-state index contributed by atoms with van der Waals surface area (Å²) < 4.78 is 0. The molecule has 2 rings (SSSR count). The Kier molecular flexibility index (Phi) is 4.38. The second-order valence-corrected chi connectivity index (χ2v) is 4.81. The van der Waals surface area contributed by atoms with Crippen molar-refractivity contribution >= 4 is 0 Å². The van der Waals surface area contributed by atoms with Crippen molar-refractivity contribution in [1.29, 1.82) is 0 Å². The maximum atomic E-state index is 3.57. The van der Waals surface area contributed by atoms with Gasteiger partial charge in [0.05, 0.1) is 0 Å². The SMILES string of the molecule is CN1CCN(CCCNC2CNC2)CC1. The minimum Gasteiger partial charge on any atom is -0.314 e. The molecule has 0 aliphatic carbocycles. The van der Waals surface area contributed by atoms with Gasteiger partial charge in [0.2, 0.25) is 0 Å². The minimum absolute atomic E-state index is 0.748. The first-order valence-corrected chi connectivity index (χ1v) is 6.19. The lowest BCUT2D eigenvalue weighted by molar-refractivity contribution is 0.152. The zero-order chi connectivity index (χ0) is 10.5. The van der Waals surface area contributed by atoms with Gasteiger partial charge in [0, 0.05) is 45.3 Å². The Balaban J connectivity index is 1.46. The molecule has 2 aliphatic heterocycles. The lowest BCUT2D eigenvalue weighted by Crippen LogP contribution is -2.55. The summed E-state index contributed by atoms with van der Waals surface area (Å²) in [5.41, 5.74) is 0. The highest BCUT2D eigenvalue weighted by molar-refractivity contribution is 4.81. The first-order valence-electron chi connectivity index (χ1n) is 6.19. The van der Waals surface area contributed by atoms with E-state index >= 15 is 0 Å². The normalized spacial score (nSPS) is 25.4. The number of nitrogens with zero attached hydrogens (tertiary/aromatic N) is 2. The highest BCUT2D eigenvalue weighted by Gasteiger charge is 2.16. The van der Waals surface area contributed by atoms with Crippen molar-refractivity contribution in [1.82, 2.24) is 20.4 Å². The fourth-order valence-electron chi connectivity index (χ4n) is 2.11. The number of hydrogen-bond donors (Lipinski definition) is 2. The smallest absolute Gasteiger partial charge is 0.0317 e. The molecule has 0 spiro atoms. The Morgan fingerprint density at radius 1 is 1.20 bits per heavy atom. The number of likely N-dealkylation sites (N-methyl/N-ethyl adjacent to an activating group) is 1. The Morgan fingerprint density at radius 3 is 2.53 bits per heavy atom. The van der Waals surface area contributed by atoms with Gasteiger partial charge in [-0.05, 0) is 26.6 Å². The van der Waals surface area contributed by atoms with E-state index in [1.807, 2.05) is 0 Å². The van der Waals surface area contributed by atoms with E-state index in [2.05, 4.69) is 27.5 Å². The van der Waals surface area contributed by atoms with E-state index in [0.29, 0.717) is 0 Å². The molecule has 2 fully saturated rings. The van der Waals surface area contributed by atoms with Crippen molar-refractivity contribution in [2.45, 2.75) is 12.5 Å². The molecule has 0 aromatic carbocycles. The van der Waals surface area contributed by atoms with E-state index in [1.165, 1.54) is 45.7 Å². The van der Waals surface area contributed by atoms with Crippen LogP contribution in [0.1, 0.15) is 6.42 Å². The van der Waals surface area contributed by atoms with Crippen molar-refractivity contribution in [3.8, 4) is 0 Å². The lowest BCUT2D eigenvalue weighted by atomic mass is 10.2. The van der Waals surface area contributed by atoms with Gasteiger partial charge in [-0.15, -0.1) is 0 Å². The Morgan fingerprint density at radius 2 is 1.93 bits per heavy atom. The van der Waals surface area contributed by atoms with Gasteiger partial charge in [0.25, 0.3) is 0 Å². The topological polar surface area (TPSA) is 30.5 Å². The second kappa shape index (κ2) is 5.80. The van der Waals surface area contributed by atoms with Crippen LogP contribution in [0.15, 0.2) is 0 Å². The third kappa shape index (κ3) is 3.72. The molecule has 0 aromatic rings. The number of piperazine rings is 1. The highest BCUT2D eigenvalue weighted by atomic mass is 15.2. The Labute approximate surface area is 93.0 Å². The van der Waals surface area contributed by atoms with E-state index in [0.717, 1.165) is 19.1 Å². The average Bonchev–Trinajstić information content (AvgIpc) is 2.18. The van der Waals surface area contributed by atoms with E-state index in [9.17, 15) is 0 Å². The molecule has 2 N–H and O–H groups in total. The van der Waals surface area contributed by atoms with Gasteiger partial charge in [-0.1, -0.05) is 0 Å². The monoisotopic (exact) mass is 212 g/mol. The molecule has 2 aliphatic rings. The summed E-state index contributed by atoms with van der Waals surface area (Å²) in [6, 6.07) is 0.748. The van der Waals surface area contributed by atoms with Gasteiger partial charge >= 0.3 is 0 Å². The lowest BCUT2D eigenvalue weighted by Gasteiger charge is -2.33. The quantitative estimate of drug-likeness (QED) is 0.583. The molecule has 15 heavy (non-hydrogen) atoms. The Hall–Kier alpha value is -0.160. The van der Waals surface area contributed by atoms with Crippen LogP contribution in [0.2, 0.25) is 0 Å². The summed E-state index contributed by atoms with van der Waals surface area (Å²) in [6.45, 7) is 9.74. The molecule has 0 unspecified atom stereocenters. The van der Waals surface area contributed by atoms with Gasteiger partial charge < -0.3 is 20.4 Å². The van der Waals surface area contributed by atoms with Gasteiger partial charge in [-0.25, -0.2) is 0 Å². The number of rotatable bonds is 5. The van der Waals surface area contributed by atoms with Crippen molar-refractivity contribution < 1.29 is 0 Å². The van der Waals surface area contributed by atoms with Crippen LogP contribution in [0.4, 0.5) is 0 Å². The summed E-state index contributed by atoms with van der Waals surface area (Å²) in [5.74, 6) is 0. The molecule has 4 heteroatoms. The van der Waals surface area contributed by atoms with Crippen LogP contribution in [0.3, 0.4) is 0 Å². The van der Waals surface area contributed by atoms with E-state index in [-0.39, 0.29) is 0 Å². The third-order valence-corrected chi connectivity index (χ3v) is 3.46. The minimum atomic E-state index is 0.748. The van der Waals surface area contributed by atoms with Crippen LogP contribution in [-0.4, -0.2) is 75.2 Å². The van der Waals surface area contributed by atoms with Crippen LogP contribution >= 0.6 is 0 Å². The Bertz CT molecular complexity index is 173. The van der Waals surface area contributed by atoms with E-state index < -0.39 is 0 Å². The predicted molar refractivity (Wildman–Crippen MR) is 63.2 cm³/mol. The maximum Gasteiger partial charge on any atom is 0.0317 e. The second-order valence-electron chi connectivity index (χ2n) is 4.81. The molecule has 4 nitrogen and oxygen atoms in total. The van der Waals surface area contributed by atoms with Gasteiger partial charge in [0.1, 0.15) is 0 Å². The third-order valence-electron chi connectivity index (χ3n) is 3.46. The largest absolute Gasteiger partial charge is 0.314 e. The fraction of sp³-hybridized carbons (Fsp3) is 1.00. The molecule has 0 radical (unpaired) electrons. The van der Waals surface area contributed by atoms with E-state index in [1.54, 1.807) is 0 Å². The first kappa shape index (κ1) is 11.3. The summed E-state index contributed by atoms with van der Waals surface area (Å²) in [4.78, 5) is 5.00. The van der Waals surface area contributed by atoms with Crippen molar-refractivity contribution in [3.05, 3.63) is 0 Å². The van der Waals surface area contributed by atoms with Crippen LogP contribution in [-0.2, 0) is 0 Å². The molecule has 0 saturated carbocycles. The summed E-state index contributed by atoms with van der Waals surface area (Å²) in [6.07, 6.45) is 1.29. The fourth-order valence-corrected chi connectivity index (χ4v) is 2.11. The predicted octanol–water partition coefficient (Wildman–Crippen LogP) is -0.815. The van der Waals surface area contributed by atoms with E-state index in [4.69, 9.17) is 0 Å². The standard InChI is InChI=1S/C11H24N4/c1-14-5-7-15(8-6-14)4-2-3-13-11-9-12-10-11/h11-13H,2-10H2,1H3. The molecular formula is C11H24N4. The van der Waals surface area contributed by atoms with Crippen LogP contribution in [0.5, 0.6) is 0 Å². The van der Waals surface area contributed by atoms with Crippen molar-refractivity contribution in [3.63, 3.8) is 0 Å². The summed E-state index contributed by atoms with van der Waals surface area (Å²) in [5, 5.41) is 6.85. The molecule has 0 aromatic heterocycles. The van der Waals surface area contributed by atoms with Crippen LogP contribution < -0.4 is 10.6 Å². The summed E-state index contributed by atoms with van der Waals surface area (Å²) >= 11 is 0. The number of hydrogen-bond acceptors (Lipinski definition) is 4. The van der Waals surface area contributed by atoms with Crippen molar-refractivity contribution in [2.24, 2.45) is 0 Å². The highest BCUT2D eigenvalue weighted by Crippen LogP contribution is 1.99. The van der Waals surface area contributed by atoms with Crippen LogP contribution in [0, 0.1) is 0 Å². The van der Waals surface area contributed by atoms with Gasteiger partial charge in [-0.2, -0.15) is 0 Å². The van der Waals surface area contributed by atoms with Gasteiger partial charge in [-0.3, -0.25) is 0 Å².